The molecule has 1 heterocycles. The number of hydrogen-bond donors (Lipinski definition) is 3. The quantitative estimate of drug-likeness (QED) is 0.575. The standard InChI is InChI=1S/C10H19N3O2/c1-3-11-8(14)6-13-10(15)9-7(2)4-5-12-9/h7,9,12H,3-6H2,1-2H3,(H,11,14)(H,13,15). The van der Waals surface area contributed by atoms with E-state index in [2.05, 4.69) is 16.0 Å². The Morgan fingerprint density at radius 3 is 2.67 bits per heavy atom. The van der Waals surface area contributed by atoms with E-state index in [4.69, 9.17) is 0 Å². The Morgan fingerprint density at radius 1 is 1.40 bits per heavy atom. The number of carbonyl (C=O) groups is 2. The molecule has 0 saturated carbocycles. The maximum atomic E-state index is 11.6. The van der Waals surface area contributed by atoms with Crippen molar-refractivity contribution in [2.45, 2.75) is 26.3 Å². The lowest BCUT2D eigenvalue weighted by atomic mass is 10.0. The summed E-state index contributed by atoms with van der Waals surface area (Å²) in [6.07, 6.45) is 1.01. The lowest BCUT2D eigenvalue weighted by Crippen LogP contribution is -2.46. The molecule has 1 saturated heterocycles. The van der Waals surface area contributed by atoms with Gasteiger partial charge in [-0.25, -0.2) is 0 Å². The van der Waals surface area contributed by atoms with Crippen LogP contribution >= 0.6 is 0 Å². The van der Waals surface area contributed by atoms with Gasteiger partial charge in [0.15, 0.2) is 0 Å². The first kappa shape index (κ1) is 12.0. The van der Waals surface area contributed by atoms with Gasteiger partial charge in [-0.1, -0.05) is 6.92 Å². The Bertz CT molecular complexity index is 243. The molecule has 0 radical (unpaired) electrons. The summed E-state index contributed by atoms with van der Waals surface area (Å²) in [4.78, 5) is 22.7. The summed E-state index contributed by atoms with van der Waals surface area (Å²) < 4.78 is 0. The number of rotatable bonds is 4. The fourth-order valence-corrected chi connectivity index (χ4v) is 1.72. The smallest absolute Gasteiger partial charge is 0.239 e. The number of likely N-dealkylation sites (N-methyl/N-ethyl adjacent to an activating group) is 1. The first-order chi connectivity index (χ1) is 7.15. The van der Waals surface area contributed by atoms with Crippen LogP contribution in [0.1, 0.15) is 20.3 Å². The molecule has 5 heteroatoms. The summed E-state index contributed by atoms with van der Waals surface area (Å²) >= 11 is 0. The van der Waals surface area contributed by atoms with Crippen molar-refractivity contribution in [3.8, 4) is 0 Å². The van der Waals surface area contributed by atoms with Crippen LogP contribution in [0, 0.1) is 5.92 Å². The highest BCUT2D eigenvalue weighted by atomic mass is 16.2. The van der Waals surface area contributed by atoms with Crippen molar-refractivity contribution in [3.63, 3.8) is 0 Å². The van der Waals surface area contributed by atoms with Crippen LogP contribution in [0.15, 0.2) is 0 Å². The lowest BCUT2D eigenvalue weighted by Gasteiger charge is -2.14. The van der Waals surface area contributed by atoms with Gasteiger partial charge in [0, 0.05) is 6.54 Å². The second kappa shape index (κ2) is 5.70. The Labute approximate surface area is 90.0 Å². The van der Waals surface area contributed by atoms with Crippen LogP contribution in [-0.4, -0.2) is 37.5 Å². The van der Waals surface area contributed by atoms with Gasteiger partial charge in [0.05, 0.1) is 12.6 Å². The molecule has 2 atom stereocenters. The van der Waals surface area contributed by atoms with Crippen molar-refractivity contribution in [1.82, 2.24) is 16.0 Å². The average Bonchev–Trinajstić information content (AvgIpc) is 2.61. The van der Waals surface area contributed by atoms with Crippen LogP contribution in [-0.2, 0) is 9.59 Å². The molecule has 0 bridgehead atoms. The minimum Gasteiger partial charge on any atom is -0.355 e. The van der Waals surface area contributed by atoms with E-state index in [0.29, 0.717) is 12.5 Å². The Balaban J connectivity index is 2.26. The minimum absolute atomic E-state index is 0.0670. The number of nitrogens with one attached hydrogen (secondary N) is 3. The van der Waals surface area contributed by atoms with Gasteiger partial charge in [-0.2, -0.15) is 0 Å². The third-order valence-electron chi connectivity index (χ3n) is 2.61. The van der Waals surface area contributed by atoms with Gasteiger partial charge in [0.1, 0.15) is 0 Å². The summed E-state index contributed by atoms with van der Waals surface area (Å²) in [7, 11) is 0. The molecule has 0 spiro atoms. The molecule has 0 aromatic heterocycles. The molecule has 86 valence electrons. The van der Waals surface area contributed by atoms with Gasteiger partial charge in [0.2, 0.25) is 11.8 Å². The van der Waals surface area contributed by atoms with Crippen LogP contribution in [0.2, 0.25) is 0 Å². The molecule has 0 aliphatic carbocycles. The highest BCUT2D eigenvalue weighted by Gasteiger charge is 2.29. The predicted molar refractivity (Wildman–Crippen MR) is 57.3 cm³/mol. The summed E-state index contributed by atoms with van der Waals surface area (Å²) in [5.41, 5.74) is 0. The molecule has 1 fully saturated rings. The second-order valence-electron chi connectivity index (χ2n) is 3.87. The van der Waals surface area contributed by atoms with Crippen molar-refractivity contribution in [2.75, 3.05) is 19.6 Å². The van der Waals surface area contributed by atoms with Gasteiger partial charge >= 0.3 is 0 Å². The Kier molecular flexibility index (Phi) is 4.55. The predicted octanol–water partition coefficient (Wildman–Crippen LogP) is -0.763. The molecule has 1 aliphatic rings. The highest BCUT2D eigenvalue weighted by Crippen LogP contribution is 2.13. The normalized spacial score (nSPS) is 24.9. The van der Waals surface area contributed by atoms with E-state index in [0.717, 1.165) is 13.0 Å². The van der Waals surface area contributed by atoms with E-state index in [1.54, 1.807) is 0 Å². The van der Waals surface area contributed by atoms with Crippen LogP contribution in [0.25, 0.3) is 0 Å². The second-order valence-corrected chi connectivity index (χ2v) is 3.87. The SMILES string of the molecule is CCNC(=O)CNC(=O)C1NCCC1C. The average molecular weight is 213 g/mol. The van der Waals surface area contributed by atoms with E-state index in [1.807, 2.05) is 13.8 Å². The maximum Gasteiger partial charge on any atom is 0.239 e. The van der Waals surface area contributed by atoms with Gasteiger partial charge in [-0.3, -0.25) is 9.59 Å². The molecule has 0 aromatic rings. The van der Waals surface area contributed by atoms with Crippen molar-refractivity contribution in [2.24, 2.45) is 5.92 Å². The van der Waals surface area contributed by atoms with E-state index in [9.17, 15) is 9.59 Å². The number of hydrogen-bond acceptors (Lipinski definition) is 3. The van der Waals surface area contributed by atoms with Crippen LogP contribution in [0.5, 0.6) is 0 Å². The van der Waals surface area contributed by atoms with Gasteiger partial charge in [-0.15, -0.1) is 0 Å². The third-order valence-corrected chi connectivity index (χ3v) is 2.61. The molecular formula is C10H19N3O2. The molecule has 2 unspecified atom stereocenters. The molecule has 5 nitrogen and oxygen atoms in total. The monoisotopic (exact) mass is 213 g/mol. The Hall–Kier alpha value is -1.10. The van der Waals surface area contributed by atoms with Gasteiger partial charge in [0.25, 0.3) is 0 Å². The fraction of sp³-hybridized carbons (Fsp3) is 0.800. The van der Waals surface area contributed by atoms with Crippen molar-refractivity contribution in [3.05, 3.63) is 0 Å². The molecular weight excluding hydrogens is 194 g/mol. The first-order valence-electron chi connectivity index (χ1n) is 5.43. The molecule has 3 N–H and O–H groups in total. The third kappa shape index (κ3) is 3.51. The largest absolute Gasteiger partial charge is 0.355 e. The van der Waals surface area contributed by atoms with Crippen LogP contribution < -0.4 is 16.0 Å². The van der Waals surface area contributed by atoms with Crippen molar-refractivity contribution >= 4 is 11.8 Å². The van der Waals surface area contributed by atoms with E-state index in [-0.39, 0.29) is 24.4 Å². The first-order valence-corrected chi connectivity index (χ1v) is 5.43. The van der Waals surface area contributed by atoms with Crippen molar-refractivity contribution < 1.29 is 9.59 Å². The van der Waals surface area contributed by atoms with Crippen molar-refractivity contribution in [1.29, 1.82) is 0 Å². The van der Waals surface area contributed by atoms with Crippen LogP contribution in [0.4, 0.5) is 0 Å². The van der Waals surface area contributed by atoms with E-state index < -0.39 is 0 Å². The summed E-state index contributed by atoms with van der Waals surface area (Å²) in [5, 5.41) is 8.37. The Morgan fingerprint density at radius 2 is 2.13 bits per heavy atom. The number of amides is 2. The lowest BCUT2D eigenvalue weighted by molar-refractivity contribution is -0.127. The number of carbonyl (C=O) groups excluding carboxylic acids is 2. The zero-order valence-electron chi connectivity index (χ0n) is 9.30. The van der Waals surface area contributed by atoms with E-state index in [1.165, 1.54) is 0 Å². The summed E-state index contributed by atoms with van der Waals surface area (Å²) in [6.45, 7) is 5.42. The minimum atomic E-state index is -0.142. The summed E-state index contributed by atoms with van der Waals surface area (Å²) in [6, 6.07) is -0.139. The molecule has 15 heavy (non-hydrogen) atoms. The zero-order valence-corrected chi connectivity index (χ0v) is 9.30. The maximum absolute atomic E-state index is 11.6. The molecule has 0 aromatic carbocycles. The van der Waals surface area contributed by atoms with Crippen LogP contribution in [0.3, 0.4) is 0 Å². The van der Waals surface area contributed by atoms with Gasteiger partial charge in [-0.05, 0) is 25.8 Å². The summed E-state index contributed by atoms with van der Waals surface area (Å²) in [5.74, 6) is 0.127. The van der Waals surface area contributed by atoms with Gasteiger partial charge < -0.3 is 16.0 Å². The molecule has 1 aliphatic heterocycles. The van der Waals surface area contributed by atoms with E-state index >= 15 is 0 Å². The molecule has 1 rings (SSSR count). The highest BCUT2D eigenvalue weighted by molar-refractivity contribution is 5.87. The molecule has 2 amide bonds. The fourth-order valence-electron chi connectivity index (χ4n) is 1.72. The topological polar surface area (TPSA) is 70.2 Å². The zero-order chi connectivity index (χ0) is 11.3.